The summed E-state index contributed by atoms with van der Waals surface area (Å²) in [6.07, 6.45) is 0. The van der Waals surface area contributed by atoms with Gasteiger partial charge in [0.2, 0.25) is 5.78 Å². The lowest BCUT2D eigenvalue weighted by atomic mass is 10.1. The van der Waals surface area contributed by atoms with E-state index >= 15 is 0 Å². The minimum Gasteiger partial charge on any atom is -0.288 e. The van der Waals surface area contributed by atoms with E-state index in [4.69, 9.17) is 11.6 Å². The second-order valence-corrected chi connectivity index (χ2v) is 6.03. The van der Waals surface area contributed by atoms with Crippen LogP contribution in [0, 0.1) is 0 Å². The Kier molecular flexibility index (Phi) is 3.85. The third-order valence-corrected chi connectivity index (χ3v) is 5.15. The van der Waals surface area contributed by atoms with Crippen LogP contribution in [0.25, 0.3) is 0 Å². The van der Waals surface area contributed by atoms with Crippen molar-refractivity contribution in [2.45, 2.75) is 0 Å². The second kappa shape index (κ2) is 5.00. The molecule has 2 rings (SSSR count). The van der Waals surface area contributed by atoms with Crippen LogP contribution >= 0.6 is 54.8 Å². The Hall–Kier alpha value is -0.160. The van der Waals surface area contributed by atoms with Gasteiger partial charge in [-0.25, -0.2) is 0 Å². The lowest BCUT2D eigenvalue weighted by Gasteiger charge is -2.03. The van der Waals surface area contributed by atoms with E-state index in [1.54, 1.807) is 12.1 Å². The number of ketones is 1. The Balaban J connectivity index is 2.50. The number of thiophene rings is 1. The summed E-state index contributed by atoms with van der Waals surface area (Å²) in [7, 11) is 0. The lowest BCUT2D eigenvalue weighted by Crippen LogP contribution is -2.00. The van der Waals surface area contributed by atoms with Crippen molar-refractivity contribution >= 4 is 60.6 Å². The zero-order valence-electron chi connectivity index (χ0n) is 7.84. The third kappa shape index (κ3) is 2.25. The van der Waals surface area contributed by atoms with E-state index in [9.17, 15) is 4.79 Å². The smallest absolute Gasteiger partial charge is 0.205 e. The van der Waals surface area contributed by atoms with Gasteiger partial charge in [-0.2, -0.15) is 0 Å². The van der Waals surface area contributed by atoms with Crippen molar-refractivity contribution in [3.8, 4) is 0 Å². The van der Waals surface area contributed by atoms with Gasteiger partial charge in [0.05, 0.1) is 9.90 Å². The summed E-state index contributed by atoms with van der Waals surface area (Å²) < 4.78 is 1.53. The molecule has 0 spiro atoms. The molecule has 0 saturated heterocycles. The van der Waals surface area contributed by atoms with Crippen molar-refractivity contribution in [2.75, 3.05) is 0 Å². The van der Waals surface area contributed by atoms with Crippen molar-refractivity contribution < 1.29 is 4.79 Å². The molecule has 16 heavy (non-hydrogen) atoms. The number of rotatable bonds is 2. The fraction of sp³-hybridized carbons (Fsp3) is 0. The minimum absolute atomic E-state index is 0.0619. The maximum Gasteiger partial charge on any atom is 0.205 e. The highest BCUT2D eigenvalue weighted by Crippen LogP contribution is 2.31. The Bertz CT molecular complexity index is 551. The molecular formula is C11H5Br2ClOS. The van der Waals surface area contributed by atoms with Crippen molar-refractivity contribution in [3.63, 3.8) is 0 Å². The van der Waals surface area contributed by atoms with Crippen molar-refractivity contribution in [3.05, 3.63) is 54.1 Å². The quantitative estimate of drug-likeness (QED) is 0.658. The highest BCUT2D eigenvalue weighted by molar-refractivity contribution is 9.11. The normalized spacial score (nSPS) is 10.4. The van der Waals surface area contributed by atoms with E-state index in [1.807, 2.05) is 17.5 Å². The zero-order chi connectivity index (χ0) is 11.7. The van der Waals surface area contributed by atoms with Crippen LogP contribution in [0.2, 0.25) is 5.02 Å². The van der Waals surface area contributed by atoms with Crippen LogP contribution < -0.4 is 0 Å². The number of hydrogen-bond acceptors (Lipinski definition) is 2. The molecule has 0 N–H and O–H groups in total. The average Bonchev–Trinajstić information content (AvgIpc) is 2.68. The lowest BCUT2D eigenvalue weighted by molar-refractivity contribution is 0.104. The van der Waals surface area contributed by atoms with Crippen molar-refractivity contribution in [2.24, 2.45) is 0 Å². The van der Waals surface area contributed by atoms with Crippen LogP contribution in [0.5, 0.6) is 0 Å². The molecule has 5 heteroatoms. The summed E-state index contributed by atoms with van der Waals surface area (Å²) in [5.41, 5.74) is 0.513. The Morgan fingerprint density at radius 2 is 1.94 bits per heavy atom. The summed E-state index contributed by atoms with van der Waals surface area (Å²) >= 11 is 14.1. The summed E-state index contributed by atoms with van der Waals surface area (Å²) in [5.74, 6) is -0.0619. The summed E-state index contributed by atoms with van der Waals surface area (Å²) in [6.45, 7) is 0. The molecule has 0 fully saturated rings. The molecule has 1 aromatic heterocycles. The van der Waals surface area contributed by atoms with Gasteiger partial charge in [0.1, 0.15) is 0 Å². The van der Waals surface area contributed by atoms with Gasteiger partial charge in [-0.3, -0.25) is 4.79 Å². The number of halogens is 3. The predicted octanol–water partition coefficient (Wildman–Crippen LogP) is 5.16. The molecule has 0 atom stereocenters. The maximum absolute atomic E-state index is 12.2. The van der Waals surface area contributed by atoms with E-state index in [0.717, 1.165) is 8.95 Å². The molecule has 0 unspecified atom stereocenters. The van der Waals surface area contributed by atoms with Gasteiger partial charge in [-0.15, -0.1) is 11.3 Å². The SMILES string of the molecule is O=C(c1cccc(Br)c1Cl)c1sccc1Br. The second-order valence-electron chi connectivity index (χ2n) is 3.03. The van der Waals surface area contributed by atoms with Crippen LogP contribution in [0.1, 0.15) is 15.2 Å². The van der Waals surface area contributed by atoms with Crippen LogP contribution in [-0.4, -0.2) is 5.78 Å². The molecule has 1 nitrogen and oxygen atoms in total. The van der Waals surface area contributed by atoms with Gasteiger partial charge in [-0.05, 0) is 55.4 Å². The van der Waals surface area contributed by atoms with Crippen molar-refractivity contribution in [1.29, 1.82) is 0 Å². The molecule has 0 aliphatic heterocycles. The van der Waals surface area contributed by atoms with Gasteiger partial charge in [0.15, 0.2) is 0 Å². The average molecular weight is 380 g/mol. The Morgan fingerprint density at radius 1 is 1.19 bits per heavy atom. The van der Waals surface area contributed by atoms with Crippen molar-refractivity contribution in [1.82, 2.24) is 0 Å². The number of carbonyl (C=O) groups is 1. The Labute approximate surface area is 119 Å². The first kappa shape index (κ1) is 12.3. The first-order chi connectivity index (χ1) is 7.61. The highest BCUT2D eigenvalue weighted by Gasteiger charge is 2.17. The molecule has 0 aliphatic rings. The molecule has 0 aliphatic carbocycles. The molecule has 2 aromatic rings. The molecule has 0 saturated carbocycles. The largest absolute Gasteiger partial charge is 0.288 e. The third-order valence-electron chi connectivity index (χ3n) is 2.02. The van der Waals surface area contributed by atoms with Crippen LogP contribution in [0.15, 0.2) is 38.6 Å². The van der Waals surface area contributed by atoms with Crippen LogP contribution in [-0.2, 0) is 0 Å². The molecule has 82 valence electrons. The maximum atomic E-state index is 12.2. The molecule has 1 heterocycles. The van der Waals surface area contributed by atoms with E-state index in [-0.39, 0.29) is 5.78 Å². The first-order valence-electron chi connectivity index (χ1n) is 4.33. The monoisotopic (exact) mass is 378 g/mol. The summed E-state index contributed by atoms with van der Waals surface area (Å²) in [5, 5.41) is 2.32. The zero-order valence-corrected chi connectivity index (χ0v) is 12.6. The Morgan fingerprint density at radius 3 is 2.56 bits per heavy atom. The van der Waals surface area contributed by atoms with E-state index in [2.05, 4.69) is 31.9 Å². The fourth-order valence-corrected chi connectivity index (χ4v) is 3.34. The summed E-state index contributed by atoms with van der Waals surface area (Å²) in [4.78, 5) is 12.8. The topological polar surface area (TPSA) is 17.1 Å². The predicted molar refractivity (Wildman–Crippen MR) is 74.6 cm³/mol. The minimum atomic E-state index is -0.0619. The van der Waals surface area contributed by atoms with Crippen LogP contribution in [0.3, 0.4) is 0 Å². The molecular weight excluding hydrogens is 375 g/mol. The van der Waals surface area contributed by atoms with E-state index in [0.29, 0.717) is 15.5 Å². The highest BCUT2D eigenvalue weighted by atomic mass is 79.9. The van der Waals surface area contributed by atoms with Gasteiger partial charge >= 0.3 is 0 Å². The van der Waals surface area contributed by atoms with E-state index in [1.165, 1.54) is 11.3 Å². The first-order valence-corrected chi connectivity index (χ1v) is 7.17. The number of benzene rings is 1. The molecule has 1 aromatic carbocycles. The molecule has 0 bridgehead atoms. The summed E-state index contributed by atoms with van der Waals surface area (Å²) in [6, 6.07) is 7.18. The van der Waals surface area contributed by atoms with Gasteiger partial charge in [0.25, 0.3) is 0 Å². The standard InChI is InChI=1S/C11H5Br2ClOS/c12-7-3-1-2-6(9(7)14)10(15)11-8(13)4-5-16-11/h1-5H. The van der Waals surface area contributed by atoms with Gasteiger partial charge in [0, 0.05) is 14.5 Å². The number of hydrogen-bond donors (Lipinski definition) is 0. The van der Waals surface area contributed by atoms with Gasteiger partial charge in [-0.1, -0.05) is 17.7 Å². The van der Waals surface area contributed by atoms with Crippen LogP contribution in [0.4, 0.5) is 0 Å². The molecule has 0 amide bonds. The van der Waals surface area contributed by atoms with Gasteiger partial charge < -0.3 is 0 Å². The fourth-order valence-electron chi connectivity index (χ4n) is 1.26. The molecule has 0 radical (unpaired) electrons. The number of carbonyl (C=O) groups excluding carboxylic acids is 1. The van der Waals surface area contributed by atoms with E-state index < -0.39 is 0 Å².